The lowest BCUT2D eigenvalue weighted by Gasteiger charge is -2.22. The van der Waals surface area contributed by atoms with Gasteiger partial charge in [-0.1, -0.05) is 23.4 Å². The standard InChI is InChI=1S/C22H19N3O3/c26-22(9-8-17-10-12-23-13-11-17)25(19-5-2-1-3-6-19)16-18-15-21(28-24-18)20-7-4-14-27-20/h1-7,10-15H,8-9,16H2. The first kappa shape index (κ1) is 17.7. The third-order valence-electron chi connectivity index (χ3n) is 4.39. The highest BCUT2D eigenvalue weighted by Crippen LogP contribution is 2.23. The van der Waals surface area contributed by atoms with Gasteiger partial charge in [0.05, 0.1) is 12.8 Å². The predicted octanol–water partition coefficient (Wildman–Crippen LogP) is 4.50. The van der Waals surface area contributed by atoms with Gasteiger partial charge in [-0.05, 0) is 48.4 Å². The predicted molar refractivity (Wildman–Crippen MR) is 104 cm³/mol. The minimum Gasteiger partial charge on any atom is -0.461 e. The molecule has 0 spiro atoms. The van der Waals surface area contributed by atoms with Crippen LogP contribution in [0.4, 0.5) is 5.69 Å². The SMILES string of the molecule is O=C(CCc1ccncc1)N(Cc1cc(-c2ccco2)on1)c1ccccc1. The van der Waals surface area contributed by atoms with Gasteiger partial charge in [-0.15, -0.1) is 0 Å². The van der Waals surface area contributed by atoms with Crippen molar-refractivity contribution in [1.82, 2.24) is 10.1 Å². The van der Waals surface area contributed by atoms with Gasteiger partial charge in [-0.25, -0.2) is 0 Å². The van der Waals surface area contributed by atoms with E-state index in [-0.39, 0.29) is 5.91 Å². The summed E-state index contributed by atoms with van der Waals surface area (Å²) in [6.45, 7) is 0.323. The van der Waals surface area contributed by atoms with E-state index in [1.807, 2.05) is 42.5 Å². The van der Waals surface area contributed by atoms with Crippen LogP contribution in [0.3, 0.4) is 0 Å². The molecule has 1 aromatic carbocycles. The van der Waals surface area contributed by atoms with Crippen LogP contribution in [-0.2, 0) is 17.8 Å². The molecule has 0 radical (unpaired) electrons. The number of carbonyl (C=O) groups is 1. The third kappa shape index (κ3) is 4.17. The molecule has 3 aromatic heterocycles. The number of benzene rings is 1. The monoisotopic (exact) mass is 373 g/mol. The molecule has 0 aliphatic carbocycles. The highest BCUT2D eigenvalue weighted by Gasteiger charge is 2.19. The van der Waals surface area contributed by atoms with E-state index in [9.17, 15) is 4.79 Å². The van der Waals surface area contributed by atoms with Crippen molar-refractivity contribution >= 4 is 11.6 Å². The van der Waals surface area contributed by atoms with Crippen molar-refractivity contribution in [3.05, 3.63) is 90.6 Å². The average molecular weight is 373 g/mol. The van der Waals surface area contributed by atoms with Gasteiger partial charge >= 0.3 is 0 Å². The Labute approximate surface area is 162 Å². The van der Waals surface area contributed by atoms with Crippen molar-refractivity contribution in [2.75, 3.05) is 4.90 Å². The smallest absolute Gasteiger partial charge is 0.227 e. The summed E-state index contributed by atoms with van der Waals surface area (Å²) < 4.78 is 10.7. The Bertz CT molecular complexity index is 1010. The summed E-state index contributed by atoms with van der Waals surface area (Å²) in [6, 6.07) is 18.8. The molecular formula is C22H19N3O3. The first-order valence-electron chi connectivity index (χ1n) is 9.03. The number of furan rings is 1. The molecule has 6 nitrogen and oxygen atoms in total. The fraction of sp³-hybridized carbons (Fsp3) is 0.136. The van der Waals surface area contributed by atoms with E-state index in [4.69, 9.17) is 8.94 Å². The molecule has 0 aliphatic heterocycles. The van der Waals surface area contributed by atoms with Crippen LogP contribution in [0.2, 0.25) is 0 Å². The lowest BCUT2D eigenvalue weighted by atomic mass is 10.1. The Morgan fingerprint density at radius 2 is 1.79 bits per heavy atom. The summed E-state index contributed by atoms with van der Waals surface area (Å²) >= 11 is 0. The summed E-state index contributed by atoms with van der Waals surface area (Å²) in [4.78, 5) is 18.7. The zero-order chi connectivity index (χ0) is 19.2. The number of aromatic nitrogens is 2. The van der Waals surface area contributed by atoms with E-state index in [0.29, 0.717) is 36.6 Å². The summed E-state index contributed by atoms with van der Waals surface area (Å²) in [5.41, 5.74) is 2.56. The second-order valence-electron chi connectivity index (χ2n) is 6.33. The minimum atomic E-state index is 0.0190. The molecule has 28 heavy (non-hydrogen) atoms. The number of para-hydroxylation sites is 1. The van der Waals surface area contributed by atoms with E-state index in [1.165, 1.54) is 0 Å². The molecule has 0 bridgehead atoms. The quantitative estimate of drug-likeness (QED) is 0.477. The number of anilines is 1. The average Bonchev–Trinajstić information content (AvgIpc) is 3.43. The van der Waals surface area contributed by atoms with Crippen LogP contribution in [0.5, 0.6) is 0 Å². The number of nitrogens with zero attached hydrogens (tertiary/aromatic N) is 3. The molecule has 0 unspecified atom stereocenters. The van der Waals surface area contributed by atoms with Crippen molar-refractivity contribution in [3.63, 3.8) is 0 Å². The second kappa shape index (κ2) is 8.35. The normalized spacial score (nSPS) is 10.7. The number of rotatable bonds is 7. The van der Waals surface area contributed by atoms with Crippen LogP contribution in [0.25, 0.3) is 11.5 Å². The molecule has 0 atom stereocenters. The highest BCUT2D eigenvalue weighted by atomic mass is 16.5. The number of hydrogen-bond acceptors (Lipinski definition) is 5. The molecule has 4 rings (SSSR count). The third-order valence-corrected chi connectivity index (χ3v) is 4.39. The number of aryl methyl sites for hydroxylation is 1. The van der Waals surface area contributed by atoms with Gasteiger partial charge in [0.15, 0.2) is 5.76 Å². The molecule has 0 saturated carbocycles. The Kier molecular flexibility index (Phi) is 5.29. The van der Waals surface area contributed by atoms with Crippen molar-refractivity contribution in [3.8, 4) is 11.5 Å². The zero-order valence-corrected chi connectivity index (χ0v) is 15.2. The van der Waals surface area contributed by atoms with Gasteiger partial charge in [0.1, 0.15) is 5.69 Å². The van der Waals surface area contributed by atoms with E-state index in [1.54, 1.807) is 41.8 Å². The first-order chi connectivity index (χ1) is 13.8. The molecule has 0 fully saturated rings. The highest BCUT2D eigenvalue weighted by molar-refractivity contribution is 5.93. The van der Waals surface area contributed by atoms with Crippen LogP contribution >= 0.6 is 0 Å². The summed E-state index contributed by atoms with van der Waals surface area (Å²) in [5, 5.41) is 4.10. The van der Waals surface area contributed by atoms with Crippen molar-refractivity contribution in [2.45, 2.75) is 19.4 Å². The Hall–Kier alpha value is -3.67. The fourth-order valence-corrected chi connectivity index (χ4v) is 2.95. The lowest BCUT2D eigenvalue weighted by molar-refractivity contribution is -0.118. The topological polar surface area (TPSA) is 72.4 Å². The number of carbonyl (C=O) groups excluding carboxylic acids is 1. The van der Waals surface area contributed by atoms with E-state index in [2.05, 4.69) is 10.1 Å². The van der Waals surface area contributed by atoms with E-state index < -0.39 is 0 Å². The van der Waals surface area contributed by atoms with Crippen LogP contribution in [0.15, 0.2) is 88.3 Å². The summed E-state index contributed by atoms with van der Waals surface area (Å²) in [7, 11) is 0. The lowest BCUT2D eigenvalue weighted by Crippen LogP contribution is -2.30. The molecule has 0 saturated heterocycles. The Morgan fingerprint density at radius 1 is 0.964 bits per heavy atom. The van der Waals surface area contributed by atoms with Gasteiger partial charge in [0.2, 0.25) is 11.7 Å². The Balaban J connectivity index is 1.51. The fourth-order valence-electron chi connectivity index (χ4n) is 2.95. The maximum atomic E-state index is 13.0. The first-order valence-corrected chi connectivity index (χ1v) is 9.03. The van der Waals surface area contributed by atoms with Gasteiger partial charge in [0.25, 0.3) is 0 Å². The minimum absolute atomic E-state index is 0.0190. The van der Waals surface area contributed by atoms with E-state index >= 15 is 0 Å². The second-order valence-corrected chi connectivity index (χ2v) is 6.33. The number of hydrogen-bond donors (Lipinski definition) is 0. The van der Waals surface area contributed by atoms with Gasteiger partial charge in [-0.3, -0.25) is 9.78 Å². The molecular weight excluding hydrogens is 354 g/mol. The molecule has 3 heterocycles. The largest absolute Gasteiger partial charge is 0.461 e. The molecule has 140 valence electrons. The van der Waals surface area contributed by atoms with Crippen LogP contribution in [0.1, 0.15) is 17.7 Å². The van der Waals surface area contributed by atoms with Crippen LogP contribution in [0, 0.1) is 0 Å². The van der Waals surface area contributed by atoms with Crippen molar-refractivity contribution < 1.29 is 13.7 Å². The zero-order valence-electron chi connectivity index (χ0n) is 15.2. The van der Waals surface area contributed by atoms with Gasteiger partial charge in [0, 0.05) is 30.6 Å². The van der Waals surface area contributed by atoms with Crippen molar-refractivity contribution in [1.29, 1.82) is 0 Å². The van der Waals surface area contributed by atoms with Gasteiger partial charge in [-0.2, -0.15) is 0 Å². The molecule has 6 heteroatoms. The number of amides is 1. The van der Waals surface area contributed by atoms with Crippen LogP contribution in [-0.4, -0.2) is 16.0 Å². The molecule has 4 aromatic rings. The molecule has 1 amide bonds. The molecule has 0 aliphatic rings. The van der Waals surface area contributed by atoms with Crippen LogP contribution < -0.4 is 4.90 Å². The van der Waals surface area contributed by atoms with Crippen molar-refractivity contribution in [2.24, 2.45) is 0 Å². The summed E-state index contributed by atoms with van der Waals surface area (Å²) in [6.07, 6.45) is 6.10. The van der Waals surface area contributed by atoms with Gasteiger partial charge < -0.3 is 13.8 Å². The van der Waals surface area contributed by atoms with E-state index in [0.717, 1.165) is 11.3 Å². The maximum absolute atomic E-state index is 13.0. The Morgan fingerprint density at radius 3 is 2.54 bits per heavy atom. The number of pyridine rings is 1. The molecule has 0 N–H and O–H groups in total. The maximum Gasteiger partial charge on any atom is 0.227 e. The summed E-state index contributed by atoms with van der Waals surface area (Å²) in [5.74, 6) is 1.16.